The Morgan fingerprint density at radius 1 is 1.19 bits per heavy atom. The van der Waals surface area contributed by atoms with Crippen LogP contribution in [0.25, 0.3) is 0 Å². The molecule has 1 fully saturated rings. The van der Waals surface area contributed by atoms with E-state index in [0.29, 0.717) is 32.8 Å². The second-order valence-electron chi connectivity index (χ2n) is 7.81. The van der Waals surface area contributed by atoms with Crippen molar-refractivity contribution in [2.24, 2.45) is 0 Å². The van der Waals surface area contributed by atoms with E-state index >= 15 is 0 Å². The maximum atomic E-state index is 13.0. The van der Waals surface area contributed by atoms with Gasteiger partial charge in [0.25, 0.3) is 5.56 Å². The van der Waals surface area contributed by atoms with Gasteiger partial charge >= 0.3 is 5.69 Å². The van der Waals surface area contributed by atoms with Crippen molar-refractivity contribution in [1.82, 2.24) is 14.5 Å². The summed E-state index contributed by atoms with van der Waals surface area (Å²) in [6.45, 7) is 9.60. The Kier molecular flexibility index (Phi) is 6.69. The fourth-order valence-corrected chi connectivity index (χ4v) is 3.06. The number of ether oxygens (including phenoxy) is 1. The Labute approximate surface area is 159 Å². The minimum absolute atomic E-state index is 0.160. The van der Waals surface area contributed by atoms with Gasteiger partial charge < -0.3 is 20.7 Å². The van der Waals surface area contributed by atoms with Crippen LogP contribution in [0.1, 0.15) is 40.5 Å². The molecule has 0 radical (unpaired) electrons. The molecule has 152 valence electrons. The largest absolute Gasteiger partial charge is 0.383 e. The number of morpholine rings is 1. The predicted octanol–water partition coefficient (Wildman–Crippen LogP) is 0.144. The van der Waals surface area contributed by atoms with E-state index in [4.69, 9.17) is 10.5 Å². The standard InChI is InChI=1S/C18H31N5O4/c1-5-6-7-22-15(19)14(21-8-10-27-11-9-21)16(25)23(17(22)26)12-13(24)20-18(2,3)4/h5-12,19H2,1-4H3,(H,20,24). The Hall–Kier alpha value is -2.29. The van der Waals surface area contributed by atoms with E-state index in [-0.39, 0.29) is 24.0 Å². The molecule has 0 bridgehead atoms. The quantitative estimate of drug-likeness (QED) is 0.725. The maximum Gasteiger partial charge on any atom is 0.333 e. The molecule has 0 unspecified atom stereocenters. The number of nitrogens with zero attached hydrogens (tertiary/aromatic N) is 3. The first kappa shape index (κ1) is 21.0. The highest BCUT2D eigenvalue weighted by Crippen LogP contribution is 2.18. The molecule has 1 aliphatic rings. The number of aromatic nitrogens is 2. The molecule has 1 aliphatic heterocycles. The van der Waals surface area contributed by atoms with Gasteiger partial charge in [-0.2, -0.15) is 0 Å². The highest BCUT2D eigenvalue weighted by atomic mass is 16.5. The van der Waals surface area contributed by atoms with Gasteiger partial charge in [0.05, 0.1) is 13.2 Å². The number of unbranched alkanes of at least 4 members (excludes halogenated alkanes) is 1. The molecule has 1 aromatic rings. The molecular formula is C18H31N5O4. The van der Waals surface area contributed by atoms with Crippen LogP contribution in [0.4, 0.5) is 11.5 Å². The molecule has 0 spiro atoms. The molecule has 0 aromatic carbocycles. The molecule has 2 heterocycles. The predicted molar refractivity (Wildman–Crippen MR) is 105 cm³/mol. The van der Waals surface area contributed by atoms with Crippen LogP contribution in [0.2, 0.25) is 0 Å². The highest BCUT2D eigenvalue weighted by molar-refractivity contribution is 5.76. The van der Waals surface area contributed by atoms with Crippen molar-refractivity contribution in [2.75, 3.05) is 36.9 Å². The average molecular weight is 381 g/mol. The number of hydrogen-bond acceptors (Lipinski definition) is 6. The number of nitrogen functional groups attached to an aromatic ring is 1. The van der Waals surface area contributed by atoms with Crippen LogP contribution in [0.3, 0.4) is 0 Å². The number of carbonyl (C=O) groups excluding carboxylic acids is 1. The molecule has 3 N–H and O–H groups in total. The second kappa shape index (κ2) is 8.60. The van der Waals surface area contributed by atoms with Crippen LogP contribution < -0.4 is 27.2 Å². The van der Waals surface area contributed by atoms with Crippen LogP contribution in [0, 0.1) is 0 Å². The summed E-state index contributed by atoms with van der Waals surface area (Å²) in [6.07, 6.45) is 1.63. The lowest BCUT2D eigenvalue weighted by molar-refractivity contribution is -0.123. The van der Waals surface area contributed by atoms with E-state index in [1.54, 1.807) is 0 Å². The van der Waals surface area contributed by atoms with Gasteiger partial charge in [-0.15, -0.1) is 0 Å². The van der Waals surface area contributed by atoms with Crippen LogP contribution in [0.15, 0.2) is 9.59 Å². The van der Waals surface area contributed by atoms with Gasteiger partial charge in [0.1, 0.15) is 18.1 Å². The molecule has 9 heteroatoms. The Bertz CT molecular complexity index is 785. The van der Waals surface area contributed by atoms with Crippen molar-refractivity contribution in [3.63, 3.8) is 0 Å². The smallest absolute Gasteiger partial charge is 0.333 e. The van der Waals surface area contributed by atoms with Crippen molar-refractivity contribution >= 4 is 17.4 Å². The minimum atomic E-state index is -0.549. The SMILES string of the molecule is CCCCn1c(N)c(N2CCOCC2)c(=O)n(CC(=O)NC(C)(C)C)c1=O. The summed E-state index contributed by atoms with van der Waals surface area (Å²) in [5.41, 5.74) is 4.96. The summed E-state index contributed by atoms with van der Waals surface area (Å²) >= 11 is 0. The van der Waals surface area contributed by atoms with Gasteiger partial charge in [-0.25, -0.2) is 9.36 Å². The van der Waals surface area contributed by atoms with E-state index in [0.717, 1.165) is 17.4 Å². The van der Waals surface area contributed by atoms with Gasteiger partial charge in [0, 0.05) is 25.2 Å². The molecule has 1 aromatic heterocycles. The summed E-state index contributed by atoms with van der Waals surface area (Å²) in [7, 11) is 0. The van der Waals surface area contributed by atoms with E-state index in [1.165, 1.54) is 4.57 Å². The van der Waals surface area contributed by atoms with Gasteiger partial charge in [0.2, 0.25) is 5.91 Å². The summed E-state index contributed by atoms with van der Waals surface area (Å²) in [5, 5.41) is 2.79. The number of hydrogen-bond donors (Lipinski definition) is 2. The number of rotatable bonds is 6. The molecule has 1 amide bonds. The van der Waals surface area contributed by atoms with Crippen molar-refractivity contribution in [2.45, 2.75) is 59.2 Å². The fraction of sp³-hybridized carbons (Fsp3) is 0.722. The third-order valence-corrected chi connectivity index (χ3v) is 4.32. The fourth-order valence-electron chi connectivity index (χ4n) is 3.06. The number of nitrogens with one attached hydrogen (secondary N) is 1. The second-order valence-corrected chi connectivity index (χ2v) is 7.81. The summed E-state index contributed by atoms with van der Waals surface area (Å²) in [5.74, 6) is -0.228. The lowest BCUT2D eigenvalue weighted by atomic mass is 10.1. The average Bonchev–Trinajstić information content (AvgIpc) is 2.58. The molecule has 0 atom stereocenters. The van der Waals surface area contributed by atoms with E-state index < -0.39 is 16.8 Å². The Balaban J connectivity index is 2.52. The van der Waals surface area contributed by atoms with Crippen molar-refractivity contribution in [3.05, 3.63) is 20.8 Å². The number of carbonyl (C=O) groups is 1. The van der Waals surface area contributed by atoms with Crippen LogP contribution >= 0.6 is 0 Å². The maximum absolute atomic E-state index is 13.0. The summed E-state index contributed by atoms with van der Waals surface area (Å²) < 4.78 is 7.73. The minimum Gasteiger partial charge on any atom is -0.383 e. The van der Waals surface area contributed by atoms with Crippen molar-refractivity contribution in [1.29, 1.82) is 0 Å². The van der Waals surface area contributed by atoms with Gasteiger partial charge in [-0.1, -0.05) is 13.3 Å². The zero-order valence-corrected chi connectivity index (χ0v) is 16.7. The zero-order valence-electron chi connectivity index (χ0n) is 16.7. The summed E-state index contributed by atoms with van der Waals surface area (Å²) in [6, 6.07) is 0. The van der Waals surface area contributed by atoms with Gasteiger partial charge in [-0.3, -0.25) is 14.2 Å². The number of amides is 1. The molecule has 0 saturated carbocycles. The van der Waals surface area contributed by atoms with Gasteiger partial charge in [0.15, 0.2) is 0 Å². The first-order valence-electron chi connectivity index (χ1n) is 9.42. The first-order chi connectivity index (χ1) is 12.7. The zero-order chi connectivity index (χ0) is 20.2. The summed E-state index contributed by atoms with van der Waals surface area (Å²) in [4.78, 5) is 40.1. The number of nitrogens with two attached hydrogens (primary N) is 1. The van der Waals surface area contributed by atoms with Crippen molar-refractivity contribution in [3.8, 4) is 0 Å². The lowest BCUT2D eigenvalue weighted by Gasteiger charge is -2.30. The van der Waals surface area contributed by atoms with Gasteiger partial charge in [-0.05, 0) is 27.2 Å². The Morgan fingerprint density at radius 3 is 2.37 bits per heavy atom. The number of anilines is 2. The normalized spacial score (nSPS) is 15.0. The molecule has 1 saturated heterocycles. The van der Waals surface area contributed by atoms with E-state index in [1.807, 2.05) is 32.6 Å². The highest BCUT2D eigenvalue weighted by Gasteiger charge is 2.25. The Morgan fingerprint density at radius 2 is 1.81 bits per heavy atom. The molecular weight excluding hydrogens is 350 g/mol. The third-order valence-electron chi connectivity index (χ3n) is 4.32. The monoisotopic (exact) mass is 381 g/mol. The van der Waals surface area contributed by atoms with E-state index in [2.05, 4.69) is 5.32 Å². The molecule has 9 nitrogen and oxygen atoms in total. The van der Waals surface area contributed by atoms with Crippen molar-refractivity contribution < 1.29 is 9.53 Å². The van der Waals surface area contributed by atoms with Crippen LogP contribution in [-0.4, -0.2) is 46.9 Å². The lowest BCUT2D eigenvalue weighted by Crippen LogP contribution is -2.50. The molecule has 0 aliphatic carbocycles. The molecule has 27 heavy (non-hydrogen) atoms. The van der Waals surface area contributed by atoms with Crippen LogP contribution in [-0.2, 0) is 22.6 Å². The van der Waals surface area contributed by atoms with Crippen LogP contribution in [0.5, 0.6) is 0 Å². The molecule has 2 rings (SSSR count). The van der Waals surface area contributed by atoms with E-state index in [9.17, 15) is 14.4 Å². The topological polar surface area (TPSA) is 112 Å². The third kappa shape index (κ3) is 5.12. The first-order valence-corrected chi connectivity index (χ1v) is 9.42.